The minimum Gasteiger partial charge on any atom is -0.480 e. The third-order valence-electron chi connectivity index (χ3n) is 20.3. The van der Waals surface area contributed by atoms with Crippen LogP contribution in [0.25, 0.3) is 0 Å². The molecule has 125 heavy (non-hydrogen) atoms. The van der Waals surface area contributed by atoms with Gasteiger partial charge in [-0.05, 0) is 83.1 Å². The van der Waals surface area contributed by atoms with Gasteiger partial charge in [-0.15, -0.1) is 0 Å². The Morgan fingerprint density at radius 3 is 0.608 bits per heavy atom. The molecule has 15 amide bonds. The molecule has 0 spiro atoms. The van der Waals surface area contributed by atoms with E-state index in [2.05, 4.69) is 79.8 Å². The Bertz CT molecular complexity index is 3730. The van der Waals surface area contributed by atoms with Crippen LogP contribution in [-0.4, -0.2) is 407 Å². The zero-order valence-electron chi connectivity index (χ0n) is 71.3. The second-order valence-electron chi connectivity index (χ2n) is 30.8. The van der Waals surface area contributed by atoms with E-state index in [1.807, 2.05) is 0 Å². The van der Waals surface area contributed by atoms with Crippen molar-refractivity contribution in [3.63, 3.8) is 0 Å². The lowest BCUT2D eigenvalue weighted by Crippen LogP contribution is -2.66. The van der Waals surface area contributed by atoms with Crippen LogP contribution < -0.4 is 85.5 Å². The minimum atomic E-state index is -2.08. The topological polar surface area (TPSA) is 816 Å². The predicted octanol–water partition coefficient (Wildman–Crippen LogP) is -16.7. The molecule has 0 aromatic rings. The number of ether oxygens (including phenoxy) is 8. The molecule has 0 aromatic carbocycles. The van der Waals surface area contributed by atoms with Gasteiger partial charge < -0.3 is 190 Å². The molecule has 36 atom stereocenters. The number of hydrogen-bond donors (Lipinski definition) is 29. The van der Waals surface area contributed by atoms with Crippen molar-refractivity contribution in [3.05, 3.63) is 0 Å². The molecule has 4 fully saturated rings. The summed E-state index contributed by atoms with van der Waals surface area (Å²) in [6.45, 7) is 13.8. The first-order chi connectivity index (χ1) is 58.2. The highest BCUT2D eigenvalue weighted by Crippen LogP contribution is 2.29. The monoisotopic (exact) mass is 1800 g/mol. The highest BCUT2D eigenvalue weighted by atomic mass is 16.7. The molecule has 4 heterocycles. The number of hydrogen-bond acceptors (Lipinski definition) is 37. The van der Waals surface area contributed by atoms with Gasteiger partial charge in [0.1, 0.15) is 164 Å². The van der Waals surface area contributed by atoms with Gasteiger partial charge in [0.2, 0.25) is 88.6 Å². The van der Waals surface area contributed by atoms with Crippen LogP contribution >= 0.6 is 0 Å². The number of carbonyl (C=O) groups excluding carboxylic acids is 15. The Balaban J connectivity index is 1.64. The lowest BCUT2D eigenvalue weighted by molar-refractivity contribution is -0.281. The van der Waals surface area contributed by atoms with Crippen LogP contribution in [0, 0.1) is 0 Å². The Kier molecular flexibility index (Phi) is 42.5. The first kappa shape index (κ1) is 108. The molecule has 53 nitrogen and oxygen atoms in total. The number of carboxylic acid groups (broad SMARTS) is 1. The molecule has 0 aliphatic carbocycles. The SMILES string of the molecule is CC(=O)N[C@H]1[C@@H](O[C@H](C)[C@H](NC(=O)[C@H](C)N)C(=O)N[C@@H](C)C(=O)N[C@@H](C)C(=O)N[C@H](C(=O)N[C@@H](C)C(=O)N[C@@H](C)C(=O)N[C@H](C(=O)N[C@@H](C)C(=O)N[C@@H](C)C(=O)N[C@H](C(=O)N[C@@H](C)C(=O)O)[C@@H](C)O[C@H]2O[C@H](CO)[C@H](O)[C@H](O)[C@H]2NC(C)=O)[C@@H](C)O[C@H]2O[C@H](CO)[C@H](O)[C@H](O)[C@H]2NC(C)=O)[C@@H](C)O[C@H]2O[C@H](CO)[C@H](O)[C@H](O)[C@H]2NC(C)=O)O[C@H](CO)[C@H](O)[C@@H]1O. The molecule has 0 aromatic heterocycles. The third kappa shape index (κ3) is 30.4. The summed E-state index contributed by atoms with van der Waals surface area (Å²) in [5, 5.41) is 171. The van der Waals surface area contributed by atoms with Gasteiger partial charge in [-0.1, -0.05) is 0 Å². The molecular weight excluding hydrogens is 1680 g/mol. The number of carboxylic acids is 1. The summed E-state index contributed by atoms with van der Waals surface area (Å²) in [7, 11) is 0. The van der Waals surface area contributed by atoms with Crippen molar-refractivity contribution in [2.24, 2.45) is 5.73 Å². The Hall–Kier alpha value is -9.32. The fourth-order valence-electron chi connectivity index (χ4n) is 12.9. The van der Waals surface area contributed by atoms with Crippen molar-refractivity contribution < 1.29 is 181 Å². The lowest BCUT2D eigenvalue weighted by atomic mass is 9.96. The number of aliphatic hydroxyl groups is 12. The van der Waals surface area contributed by atoms with Crippen LogP contribution in [-0.2, 0) is 115 Å². The second kappa shape index (κ2) is 49.1. The molecule has 30 N–H and O–H groups in total. The Morgan fingerprint density at radius 2 is 0.440 bits per heavy atom. The Morgan fingerprint density at radius 1 is 0.272 bits per heavy atom. The second-order valence-corrected chi connectivity index (χ2v) is 30.8. The van der Waals surface area contributed by atoms with Crippen LogP contribution in [0.15, 0.2) is 0 Å². The molecule has 4 aliphatic heterocycles. The van der Waals surface area contributed by atoms with E-state index in [0.29, 0.717) is 0 Å². The van der Waals surface area contributed by atoms with E-state index in [-0.39, 0.29) is 0 Å². The average Bonchev–Trinajstić information content (AvgIpc) is 0.809. The summed E-state index contributed by atoms with van der Waals surface area (Å²) in [5.74, 6) is -17.9. The summed E-state index contributed by atoms with van der Waals surface area (Å²) < 4.78 is 46.4. The normalized spacial score (nSPS) is 30.0. The van der Waals surface area contributed by atoms with Crippen molar-refractivity contribution in [2.75, 3.05) is 26.4 Å². The summed E-state index contributed by atoms with van der Waals surface area (Å²) in [6.07, 6.45) is -34.9. The summed E-state index contributed by atoms with van der Waals surface area (Å²) in [6, 6.07) is -27.5. The van der Waals surface area contributed by atoms with Crippen LogP contribution in [0.2, 0.25) is 0 Å². The van der Waals surface area contributed by atoms with Crippen molar-refractivity contribution in [1.29, 1.82) is 0 Å². The largest absolute Gasteiger partial charge is 0.480 e. The molecule has 4 rings (SSSR count). The molecule has 4 saturated heterocycles. The first-order valence-corrected chi connectivity index (χ1v) is 39.7. The number of aliphatic carboxylic acids is 1. The zero-order valence-corrected chi connectivity index (χ0v) is 71.3. The maximum absolute atomic E-state index is 14.7. The van der Waals surface area contributed by atoms with Crippen molar-refractivity contribution >= 4 is 94.6 Å². The maximum Gasteiger partial charge on any atom is 0.325 e. The number of aliphatic hydroxyl groups excluding tert-OH is 12. The molecule has 0 unspecified atom stereocenters. The van der Waals surface area contributed by atoms with Gasteiger partial charge in [-0.2, -0.15) is 0 Å². The molecule has 0 radical (unpaired) electrons. The van der Waals surface area contributed by atoms with Gasteiger partial charge in [-0.3, -0.25) is 76.7 Å². The quantitative estimate of drug-likeness (QED) is 0.0270. The van der Waals surface area contributed by atoms with Gasteiger partial charge in [0.05, 0.1) is 56.9 Å². The van der Waals surface area contributed by atoms with Crippen molar-refractivity contribution in [3.8, 4) is 0 Å². The number of amides is 15. The van der Waals surface area contributed by atoms with Crippen LogP contribution in [0.5, 0.6) is 0 Å². The van der Waals surface area contributed by atoms with Gasteiger partial charge in [0.25, 0.3) is 0 Å². The number of carbonyl (C=O) groups is 16. The van der Waals surface area contributed by atoms with Gasteiger partial charge in [0.15, 0.2) is 25.2 Å². The number of rotatable bonds is 43. The summed E-state index contributed by atoms with van der Waals surface area (Å²) in [5.41, 5.74) is 5.78. The predicted molar refractivity (Wildman–Crippen MR) is 416 cm³/mol. The number of nitrogens with two attached hydrogens (primary N) is 1. The first-order valence-electron chi connectivity index (χ1n) is 39.7. The maximum atomic E-state index is 14.7. The molecule has 53 heteroatoms. The number of nitrogens with one attached hydrogen (secondary N) is 15. The molecular formula is C72H122N16O37. The lowest BCUT2D eigenvalue weighted by Gasteiger charge is -2.43. The van der Waals surface area contributed by atoms with E-state index >= 15 is 0 Å². The molecule has 0 bridgehead atoms. The van der Waals surface area contributed by atoms with Crippen LogP contribution in [0.4, 0.5) is 0 Å². The minimum absolute atomic E-state index is 0.735. The Labute approximate surface area is 715 Å². The van der Waals surface area contributed by atoms with E-state index in [0.717, 1.165) is 96.9 Å². The molecule has 4 aliphatic rings. The van der Waals surface area contributed by atoms with E-state index < -0.39 is 340 Å². The highest BCUT2D eigenvalue weighted by molar-refractivity contribution is 5.99. The molecule has 0 saturated carbocycles. The zero-order chi connectivity index (χ0) is 95.1. The third-order valence-corrected chi connectivity index (χ3v) is 20.3. The average molecular weight is 1800 g/mol. The standard InChI is InChI=1S/C72H122N16O37/c1-21(73)57(105)85-41(29(9)118-69-45(81-33(13)93)53(101)49(97)37(17-89)122-69)64(112)77-22(2)58(106)74-25(5)61(109)86-42(30(10)119-70-46(82-34(14)94)54(102)50(98)38(18-90)123-70)65(113)78-23(3)59(107)75-26(6)62(110)87-43(31(11)120-71-47(83-35(15)95)55(103)51(99)39(19-91)124-71)66(114)79-24(4)60(108)76-27(7)63(111)88-44(67(115)80-28(8)68(116)117)32(12)121-72-48(84-36(16)96)56(104)52(100)40(20-92)125-72/h21-32,37-56,69-72,89-92,97-104H,17-20,73H2,1-16H3,(H,74,106)(H,75,107)(H,76,108)(H,77,112)(H,78,113)(H,79,114)(H,80,115)(H,81,93)(H,82,94)(H,83,95)(H,84,96)(H,85,105)(H,86,109)(H,87,110)(H,88,111)(H,116,117)/t21-,22-,23-,24-,25-,26-,27-,28-,29+,30+,31+,32+,37+,38+,39+,40+,41-,42-,43-,44-,45+,46+,47+,48+,49-,50-,51-,52-,53+,54+,55+,56+,69-,70-,71-,72-/m0/s1. The van der Waals surface area contributed by atoms with Gasteiger partial charge in [0, 0.05) is 27.7 Å². The van der Waals surface area contributed by atoms with Crippen LogP contribution in [0.1, 0.15) is 111 Å². The van der Waals surface area contributed by atoms with Crippen molar-refractivity contribution in [2.45, 2.75) is 330 Å². The van der Waals surface area contributed by atoms with E-state index in [4.69, 9.17) is 43.6 Å². The smallest absolute Gasteiger partial charge is 0.325 e. The van der Waals surface area contributed by atoms with E-state index in [1.54, 1.807) is 0 Å². The molecule has 712 valence electrons. The van der Waals surface area contributed by atoms with E-state index in [1.165, 1.54) is 13.8 Å². The van der Waals surface area contributed by atoms with Gasteiger partial charge >= 0.3 is 5.97 Å². The highest BCUT2D eigenvalue weighted by Gasteiger charge is 2.53. The fraction of sp³-hybridized carbons (Fsp3) is 0.778. The van der Waals surface area contributed by atoms with E-state index in [9.17, 15) is 143 Å². The summed E-state index contributed by atoms with van der Waals surface area (Å²) >= 11 is 0. The van der Waals surface area contributed by atoms with Crippen molar-refractivity contribution in [1.82, 2.24) is 79.8 Å². The summed E-state index contributed by atoms with van der Waals surface area (Å²) in [4.78, 5) is 216. The van der Waals surface area contributed by atoms with Gasteiger partial charge in [-0.25, -0.2) is 0 Å². The van der Waals surface area contributed by atoms with Crippen LogP contribution in [0.3, 0.4) is 0 Å². The fourth-order valence-corrected chi connectivity index (χ4v) is 12.9.